The summed E-state index contributed by atoms with van der Waals surface area (Å²) < 4.78 is 0. The Morgan fingerprint density at radius 2 is 1.95 bits per heavy atom. The lowest BCUT2D eigenvalue weighted by Crippen LogP contribution is -2.55. The van der Waals surface area contributed by atoms with Gasteiger partial charge in [0.2, 0.25) is 5.91 Å². The van der Waals surface area contributed by atoms with E-state index in [9.17, 15) is 4.79 Å². The quantitative estimate of drug-likeness (QED) is 0.870. The van der Waals surface area contributed by atoms with E-state index in [1.807, 2.05) is 0 Å². The Kier molecular flexibility index (Phi) is 3.52. The van der Waals surface area contributed by atoms with E-state index < -0.39 is 5.54 Å². The number of nitrogens with two attached hydrogens (primary N) is 2. The van der Waals surface area contributed by atoms with Crippen molar-refractivity contribution in [3.63, 3.8) is 0 Å². The first-order valence-corrected chi connectivity index (χ1v) is 7.47. The van der Waals surface area contributed by atoms with Gasteiger partial charge in [-0.05, 0) is 42.9 Å². The molecule has 108 valence electrons. The molecule has 0 bridgehead atoms. The molecular formula is C16H23N3O. The van der Waals surface area contributed by atoms with Gasteiger partial charge >= 0.3 is 0 Å². The first-order valence-electron chi connectivity index (χ1n) is 7.47. The highest BCUT2D eigenvalue weighted by Gasteiger charge is 2.44. The van der Waals surface area contributed by atoms with Gasteiger partial charge in [0.1, 0.15) is 0 Å². The van der Waals surface area contributed by atoms with Crippen molar-refractivity contribution in [2.75, 3.05) is 6.54 Å². The van der Waals surface area contributed by atoms with Gasteiger partial charge in [0.15, 0.2) is 0 Å². The molecule has 1 aromatic carbocycles. The maximum absolute atomic E-state index is 11.6. The normalized spacial score (nSPS) is 29.6. The van der Waals surface area contributed by atoms with Crippen molar-refractivity contribution in [3.05, 3.63) is 35.4 Å². The van der Waals surface area contributed by atoms with Gasteiger partial charge < -0.3 is 11.5 Å². The number of rotatable bonds is 4. The molecule has 2 unspecified atom stereocenters. The van der Waals surface area contributed by atoms with E-state index in [-0.39, 0.29) is 11.8 Å². The smallest absolute Gasteiger partial charge is 0.237 e. The molecule has 0 saturated heterocycles. The van der Waals surface area contributed by atoms with E-state index in [1.165, 1.54) is 11.1 Å². The van der Waals surface area contributed by atoms with Gasteiger partial charge in [-0.15, -0.1) is 0 Å². The molecule has 1 amide bonds. The lowest BCUT2D eigenvalue weighted by molar-refractivity contribution is -0.124. The Bertz CT molecular complexity index is 491. The first-order chi connectivity index (χ1) is 9.59. The fourth-order valence-electron chi connectivity index (χ4n) is 3.73. The maximum atomic E-state index is 11.6. The second-order valence-electron chi connectivity index (χ2n) is 6.26. The Labute approximate surface area is 120 Å². The molecule has 20 heavy (non-hydrogen) atoms. The van der Waals surface area contributed by atoms with E-state index >= 15 is 0 Å². The molecule has 1 aliphatic carbocycles. The van der Waals surface area contributed by atoms with Crippen LogP contribution in [0, 0.1) is 5.92 Å². The van der Waals surface area contributed by atoms with Crippen molar-refractivity contribution in [2.45, 2.75) is 44.3 Å². The van der Waals surface area contributed by atoms with Gasteiger partial charge in [-0.2, -0.15) is 0 Å². The van der Waals surface area contributed by atoms with Gasteiger partial charge in [-0.1, -0.05) is 30.7 Å². The van der Waals surface area contributed by atoms with Gasteiger partial charge in [-0.25, -0.2) is 0 Å². The third-order valence-electron chi connectivity index (χ3n) is 5.03. The summed E-state index contributed by atoms with van der Waals surface area (Å²) in [5.41, 5.74) is 13.8. The van der Waals surface area contributed by atoms with Crippen molar-refractivity contribution >= 4 is 5.91 Å². The largest absolute Gasteiger partial charge is 0.368 e. The molecule has 0 spiro atoms. The zero-order chi connectivity index (χ0) is 14.2. The fraction of sp³-hybridized carbons (Fsp3) is 0.562. The third kappa shape index (κ3) is 2.34. The molecule has 4 N–H and O–H groups in total. The van der Waals surface area contributed by atoms with Crippen molar-refractivity contribution in [1.82, 2.24) is 4.90 Å². The van der Waals surface area contributed by atoms with E-state index in [2.05, 4.69) is 29.2 Å². The Morgan fingerprint density at radius 1 is 1.30 bits per heavy atom. The van der Waals surface area contributed by atoms with Crippen LogP contribution in [0.25, 0.3) is 0 Å². The lowest BCUT2D eigenvalue weighted by atomic mass is 9.85. The van der Waals surface area contributed by atoms with Crippen LogP contribution in [0.2, 0.25) is 0 Å². The molecular weight excluding hydrogens is 250 g/mol. The summed E-state index contributed by atoms with van der Waals surface area (Å²) in [5, 5.41) is 0. The summed E-state index contributed by atoms with van der Waals surface area (Å²) in [6, 6.07) is 8.58. The molecule has 0 radical (unpaired) electrons. The van der Waals surface area contributed by atoms with E-state index in [1.54, 1.807) is 0 Å². The second-order valence-corrected chi connectivity index (χ2v) is 6.26. The lowest BCUT2D eigenvalue weighted by Gasteiger charge is -2.29. The highest BCUT2D eigenvalue weighted by molar-refractivity contribution is 5.85. The summed E-state index contributed by atoms with van der Waals surface area (Å²) in [4.78, 5) is 14.0. The van der Waals surface area contributed by atoms with Crippen LogP contribution in [-0.2, 0) is 17.9 Å². The topological polar surface area (TPSA) is 72.3 Å². The average Bonchev–Trinajstić information content (AvgIpc) is 3.00. The number of fused-ring (bicyclic) bond motifs is 1. The number of carbonyl (C=O) groups excluding carboxylic acids is 1. The predicted octanol–water partition coefficient (Wildman–Crippen LogP) is 1.38. The molecule has 0 aromatic heterocycles. The van der Waals surface area contributed by atoms with Crippen LogP contribution in [0.3, 0.4) is 0 Å². The molecule has 1 heterocycles. The van der Waals surface area contributed by atoms with Crippen molar-refractivity contribution < 1.29 is 4.79 Å². The highest BCUT2D eigenvalue weighted by atomic mass is 16.1. The van der Waals surface area contributed by atoms with Gasteiger partial charge in [-0.3, -0.25) is 9.69 Å². The first kappa shape index (κ1) is 13.6. The number of nitrogens with zero attached hydrogens (tertiary/aromatic N) is 1. The number of hydrogen-bond donors (Lipinski definition) is 2. The van der Waals surface area contributed by atoms with Gasteiger partial charge in [0.25, 0.3) is 0 Å². The molecule has 3 rings (SSSR count). The summed E-state index contributed by atoms with van der Waals surface area (Å²) in [7, 11) is 0. The van der Waals surface area contributed by atoms with E-state index in [0.717, 1.165) is 45.3 Å². The van der Waals surface area contributed by atoms with Crippen LogP contribution >= 0.6 is 0 Å². The standard InChI is InChI=1S/C16H23N3O/c17-15(20)16(18)8-3-6-14(16)7-9-19-10-12-4-1-2-5-13(12)11-19/h1-2,4-5,14H,3,6-11,18H2,(H2,17,20). The Morgan fingerprint density at radius 3 is 2.55 bits per heavy atom. The number of hydrogen-bond acceptors (Lipinski definition) is 3. The van der Waals surface area contributed by atoms with Crippen LogP contribution in [0.1, 0.15) is 36.8 Å². The summed E-state index contributed by atoms with van der Waals surface area (Å²) in [6.45, 7) is 3.01. The minimum absolute atomic E-state index is 0.240. The number of primary amides is 1. The molecule has 2 aliphatic rings. The highest BCUT2D eigenvalue weighted by Crippen LogP contribution is 2.36. The molecule has 1 aliphatic heterocycles. The molecule has 2 atom stereocenters. The molecule has 4 nitrogen and oxygen atoms in total. The minimum Gasteiger partial charge on any atom is -0.368 e. The molecule has 1 fully saturated rings. The Hall–Kier alpha value is -1.39. The van der Waals surface area contributed by atoms with Crippen LogP contribution in [0.15, 0.2) is 24.3 Å². The number of carbonyl (C=O) groups is 1. The number of benzene rings is 1. The van der Waals surface area contributed by atoms with E-state index in [0.29, 0.717) is 0 Å². The zero-order valence-electron chi connectivity index (χ0n) is 11.8. The second kappa shape index (κ2) is 5.19. The zero-order valence-corrected chi connectivity index (χ0v) is 11.8. The van der Waals surface area contributed by atoms with Crippen LogP contribution in [0.4, 0.5) is 0 Å². The van der Waals surface area contributed by atoms with Crippen LogP contribution in [0.5, 0.6) is 0 Å². The van der Waals surface area contributed by atoms with E-state index in [4.69, 9.17) is 11.5 Å². The van der Waals surface area contributed by atoms with Crippen LogP contribution in [-0.4, -0.2) is 22.9 Å². The summed E-state index contributed by atoms with van der Waals surface area (Å²) in [5.74, 6) is -0.0894. The summed E-state index contributed by atoms with van der Waals surface area (Å²) in [6.07, 6.45) is 3.76. The van der Waals surface area contributed by atoms with Crippen molar-refractivity contribution in [2.24, 2.45) is 17.4 Å². The SMILES string of the molecule is NC(=O)C1(N)CCCC1CCN1Cc2ccccc2C1. The third-order valence-corrected chi connectivity index (χ3v) is 5.03. The number of amides is 1. The van der Waals surface area contributed by atoms with Gasteiger partial charge in [0, 0.05) is 13.1 Å². The molecule has 1 aromatic rings. The fourth-order valence-corrected chi connectivity index (χ4v) is 3.73. The molecule has 1 saturated carbocycles. The monoisotopic (exact) mass is 273 g/mol. The van der Waals surface area contributed by atoms with Gasteiger partial charge in [0.05, 0.1) is 5.54 Å². The predicted molar refractivity (Wildman–Crippen MR) is 78.6 cm³/mol. The average molecular weight is 273 g/mol. The molecule has 4 heteroatoms. The summed E-state index contributed by atoms with van der Waals surface area (Å²) >= 11 is 0. The minimum atomic E-state index is -0.771. The van der Waals surface area contributed by atoms with Crippen molar-refractivity contribution in [3.8, 4) is 0 Å². The maximum Gasteiger partial charge on any atom is 0.237 e. The van der Waals surface area contributed by atoms with Crippen molar-refractivity contribution in [1.29, 1.82) is 0 Å². The Balaban J connectivity index is 1.58. The van der Waals surface area contributed by atoms with Crippen LogP contribution < -0.4 is 11.5 Å².